The van der Waals surface area contributed by atoms with Crippen molar-refractivity contribution < 1.29 is 19.4 Å². The van der Waals surface area contributed by atoms with Crippen LogP contribution in [0.15, 0.2) is 12.1 Å². The monoisotopic (exact) mass is 321 g/mol. The van der Waals surface area contributed by atoms with Gasteiger partial charge >= 0.3 is 0 Å². The number of aliphatic hydroxyl groups excluding tert-OH is 1. The van der Waals surface area contributed by atoms with Gasteiger partial charge in [0.25, 0.3) is 5.91 Å². The average Bonchev–Trinajstić information content (AvgIpc) is 2.57. The molecule has 0 radical (unpaired) electrons. The molecule has 1 heterocycles. The molecule has 23 heavy (non-hydrogen) atoms. The molecule has 1 N–H and O–H groups in total. The van der Waals surface area contributed by atoms with Crippen LogP contribution in [-0.4, -0.2) is 29.8 Å². The van der Waals surface area contributed by atoms with E-state index in [2.05, 4.69) is 0 Å². The fraction of sp³-hybridized carbons (Fsp3) is 0.611. The van der Waals surface area contributed by atoms with Crippen LogP contribution < -0.4 is 14.4 Å². The van der Waals surface area contributed by atoms with Crippen molar-refractivity contribution in [1.82, 2.24) is 0 Å². The van der Waals surface area contributed by atoms with Gasteiger partial charge in [-0.3, -0.25) is 4.79 Å². The van der Waals surface area contributed by atoms with E-state index >= 15 is 0 Å². The first-order valence-electron chi connectivity index (χ1n) is 8.48. The van der Waals surface area contributed by atoms with Crippen molar-refractivity contribution in [2.24, 2.45) is 0 Å². The molecule has 1 aromatic rings. The highest BCUT2D eigenvalue weighted by Gasteiger charge is 2.46. The molecular formula is C18H27NO4. The van der Waals surface area contributed by atoms with E-state index in [9.17, 15) is 9.90 Å². The van der Waals surface area contributed by atoms with Gasteiger partial charge in [-0.05, 0) is 43.9 Å². The van der Waals surface area contributed by atoms with Gasteiger partial charge in [0.15, 0.2) is 17.1 Å². The maximum atomic E-state index is 13.0. The van der Waals surface area contributed by atoms with Crippen LogP contribution in [0.3, 0.4) is 0 Å². The van der Waals surface area contributed by atoms with E-state index in [0.29, 0.717) is 48.7 Å². The second-order valence-electron chi connectivity index (χ2n) is 5.79. The number of carbonyl (C=O) groups excluding carboxylic acids is 1. The van der Waals surface area contributed by atoms with Crippen molar-refractivity contribution >= 4 is 11.6 Å². The van der Waals surface area contributed by atoms with Crippen LogP contribution in [0.1, 0.15) is 52.5 Å². The first-order valence-corrected chi connectivity index (χ1v) is 8.48. The van der Waals surface area contributed by atoms with Gasteiger partial charge in [-0.2, -0.15) is 0 Å². The van der Waals surface area contributed by atoms with E-state index in [0.717, 1.165) is 6.42 Å². The van der Waals surface area contributed by atoms with Crippen molar-refractivity contribution in [1.29, 1.82) is 0 Å². The summed E-state index contributed by atoms with van der Waals surface area (Å²) in [7, 11) is 0. The van der Waals surface area contributed by atoms with Crippen LogP contribution >= 0.6 is 0 Å². The lowest BCUT2D eigenvalue weighted by atomic mass is 9.92. The number of ether oxygens (including phenoxy) is 2. The Hall–Kier alpha value is -1.75. The van der Waals surface area contributed by atoms with Gasteiger partial charge in [-0.1, -0.05) is 20.8 Å². The van der Waals surface area contributed by atoms with Crippen molar-refractivity contribution in [2.75, 3.05) is 18.1 Å². The zero-order valence-electron chi connectivity index (χ0n) is 14.5. The second-order valence-corrected chi connectivity index (χ2v) is 5.79. The lowest BCUT2D eigenvalue weighted by Gasteiger charge is -2.42. The Bertz CT molecular complexity index is 566. The molecule has 2 rings (SSSR count). The van der Waals surface area contributed by atoms with E-state index in [1.807, 2.05) is 33.8 Å². The molecule has 1 aromatic carbocycles. The molecule has 5 heteroatoms. The number of hydrogen-bond acceptors (Lipinski definition) is 4. The maximum Gasteiger partial charge on any atom is 0.271 e. The molecule has 1 aliphatic heterocycles. The third kappa shape index (κ3) is 3.02. The molecule has 0 saturated heterocycles. The molecule has 1 aliphatic rings. The van der Waals surface area contributed by atoms with Gasteiger partial charge in [0.2, 0.25) is 0 Å². The van der Waals surface area contributed by atoms with E-state index in [-0.39, 0.29) is 12.5 Å². The van der Waals surface area contributed by atoms with Gasteiger partial charge in [-0.25, -0.2) is 0 Å². The van der Waals surface area contributed by atoms with Crippen LogP contribution in [0.25, 0.3) is 0 Å². The largest absolute Gasteiger partial charge is 0.490 e. The van der Waals surface area contributed by atoms with Crippen molar-refractivity contribution in [3.05, 3.63) is 17.7 Å². The summed E-state index contributed by atoms with van der Waals surface area (Å²) >= 11 is 0. The number of anilines is 1. The van der Waals surface area contributed by atoms with Crippen LogP contribution in [0, 0.1) is 0 Å². The van der Waals surface area contributed by atoms with Crippen LogP contribution in [0.5, 0.6) is 11.5 Å². The van der Waals surface area contributed by atoms with Gasteiger partial charge in [0.1, 0.15) is 0 Å². The fourth-order valence-corrected chi connectivity index (χ4v) is 3.04. The Morgan fingerprint density at radius 3 is 2.43 bits per heavy atom. The van der Waals surface area contributed by atoms with Gasteiger partial charge in [0, 0.05) is 6.54 Å². The van der Waals surface area contributed by atoms with E-state index < -0.39 is 5.60 Å². The van der Waals surface area contributed by atoms with Crippen molar-refractivity contribution in [3.8, 4) is 11.5 Å². The highest BCUT2D eigenvalue weighted by molar-refractivity contribution is 6.03. The summed E-state index contributed by atoms with van der Waals surface area (Å²) in [5.74, 6) is 1.20. The predicted octanol–water partition coefficient (Wildman–Crippen LogP) is 3.27. The van der Waals surface area contributed by atoms with Gasteiger partial charge in [0.05, 0.1) is 18.9 Å². The lowest BCUT2D eigenvalue weighted by Crippen LogP contribution is -2.55. The number of rotatable bonds is 7. The van der Waals surface area contributed by atoms with E-state index in [1.54, 1.807) is 11.0 Å². The Kier molecular flexibility index (Phi) is 5.52. The molecular weight excluding hydrogens is 294 g/mol. The summed E-state index contributed by atoms with van der Waals surface area (Å²) in [6.07, 6.45) is 2.06. The molecule has 128 valence electrons. The number of carbonyl (C=O) groups is 1. The molecule has 0 aliphatic carbocycles. The fourth-order valence-electron chi connectivity index (χ4n) is 3.04. The molecule has 0 bridgehead atoms. The Labute approximate surface area is 138 Å². The third-order valence-corrected chi connectivity index (χ3v) is 4.39. The highest BCUT2D eigenvalue weighted by Crippen LogP contribution is 2.47. The zero-order valence-corrected chi connectivity index (χ0v) is 14.5. The number of amides is 1. The van der Waals surface area contributed by atoms with Gasteiger partial charge < -0.3 is 19.5 Å². The Balaban J connectivity index is 2.64. The standard InChI is InChI=1S/C18H27NO4/c1-5-9-19-14-10-13(12-20)11-15(22-8-4)16(14)23-18(6-2,7-3)17(19)21/h10-11,20H,5-9,12H2,1-4H3. The number of fused-ring (bicyclic) bond motifs is 1. The Morgan fingerprint density at radius 1 is 1.22 bits per heavy atom. The Morgan fingerprint density at radius 2 is 1.91 bits per heavy atom. The molecule has 0 atom stereocenters. The molecule has 0 fully saturated rings. The third-order valence-electron chi connectivity index (χ3n) is 4.39. The minimum Gasteiger partial charge on any atom is -0.490 e. The predicted molar refractivity (Wildman–Crippen MR) is 90.1 cm³/mol. The molecule has 0 aromatic heterocycles. The highest BCUT2D eigenvalue weighted by atomic mass is 16.5. The summed E-state index contributed by atoms with van der Waals surface area (Å²) in [4.78, 5) is 14.8. The maximum absolute atomic E-state index is 13.0. The number of benzene rings is 1. The summed E-state index contributed by atoms with van der Waals surface area (Å²) in [6, 6.07) is 3.61. The first-order chi connectivity index (χ1) is 11.1. The van der Waals surface area contributed by atoms with E-state index in [4.69, 9.17) is 9.47 Å². The number of aliphatic hydroxyl groups is 1. The lowest BCUT2D eigenvalue weighted by molar-refractivity contribution is -0.136. The average molecular weight is 321 g/mol. The zero-order chi connectivity index (χ0) is 17.0. The minimum absolute atomic E-state index is 0.00520. The molecule has 0 unspecified atom stereocenters. The van der Waals surface area contributed by atoms with E-state index in [1.165, 1.54) is 0 Å². The number of hydrogen-bond donors (Lipinski definition) is 1. The molecule has 1 amide bonds. The number of nitrogens with zero attached hydrogens (tertiary/aromatic N) is 1. The SMILES string of the molecule is CCCN1C(=O)C(CC)(CC)Oc2c(OCC)cc(CO)cc21. The molecule has 0 spiro atoms. The normalized spacial score (nSPS) is 16.0. The summed E-state index contributed by atoms with van der Waals surface area (Å²) in [5, 5.41) is 9.51. The minimum atomic E-state index is -0.839. The van der Waals surface area contributed by atoms with Crippen molar-refractivity contribution in [2.45, 2.75) is 59.2 Å². The van der Waals surface area contributed by atoms with Crippen LogP contribution in [0.4, 0.5) is 5.69 Å². The van der Waals surface area contributed by atoms with Gasteiger partial charge in [-0.15, -0.1) is 0 Å². The second kappa shape index (κ2) is 7.21. The van der Waals surface area contributed by atoms with Crippen LogP contribution in [-0.2, 0) is 11.4 Å². The summed E-state index contributed by atoms with van der Waals surface area (Å²) in [6.45, 7) is 8.91. The van der Waals surface area contributed by atoms with Crippen molar-refractivity contribution in [3.63, 3.8) is 0 Å². The quantitative estimate of drug-likeness (QED) is 0.837. The van der Waals surface area contributed by atoms with Crippen LogP contribution in [0.2, 0.25) is 0 Å². The topological polar surface area (TPSA) is 59.0 Å². The summed E-state index contributed by atoms with van der Waals surface area (Å²) in [5.41, 5.74) is 0.573. The smallest absolute Gasteiger partial charge is 0.271 e. The first kappa shape index (κ1) is 17.6. The molecule has 5 nitrogen and oxygen atoms in total. The molecule has 0 saturated carbocycles. The summed E-state index contributed by atoms with van der Waals surface area (Å²) < 4.78 is 11.9.